The molecule has 21 heavy (non-hydrogen) atoms. The number of hydrogen-bond acceptors (Lipinski definition) is 2. The van der Waals surface area contributed by atoms with Gasteiger partial charge in [-0.2, -0.15) is 0 Å². The Kier molecular flexibility index (Phi) is 6.00. The van der Waals surface area contributed by atoms with E-state index in [1.807, 2.05) is 0 Å². The molecule has 0 unspecified atom stereocenters. The molecule has 0 aliphatic heterocycles. The summed E-state index contributed by atoms with van der Waals surface area (Å²) in [5.74, 6) is 1.13. The highest BCUT2D eigenvalue weighted by Gasteiger charge is 2.20. The summed E-state index contributed by atoms with van der Waals surface area (Å²) in [4.78, 5) is 3.13. The third-order valence-corrected chi connectivity index (χ3v) is 2.27. The Morgan fingerprint density at radius 3 is 2.00 bits per heavy atom. The second-order valence-corrected chi connectivity index (χ2v) is 4.06. The summed E-state index contributed by atoms with van der Waals surface area (Å²) >= 11 is 5.76. The van der Waals surface area contributed by atoms with Crippen LogP contribution in [0, 0.1) is 5.39 Å². The van der Waals surface area contributed by atoms with Crippen molar-refractivity contribution < 1.29 is 22.0 Å². The molecule has 110 valence electrons. The van der Waals surface area contributed by atoms with E-state index in [9.17, 15) is 17.3 Å². The second kappa shape index (κ2) is 7.50. The SMILES string of the molecule is F[B-](F)(F)F.N#[N+]c1ccccc1Oc1ccc(Cl)cc1. The summed E-state index contributed by atoms with van der Waals surface area (Å²) in [7, 11) is -6.00. The zero-order valence-electron chi connectivity index (χ0n) is 10.4. The molecule has 0 radical (unpaired) electrons. The van der Waals surface area contributed by atoms with Gasteiger partial charge in [0.05, 0.1) is 0 Å². The van der Waals surface area contributed by atoms with Crippen molar-refractivity contribution in [2.45, 2.75) is 0 Å². The lowest BCUT2D eigenvalue weighted by molar-refractivity contribution is 0.368. The Bertz CT molecular complexity index is 622. The maximum atomic E-state index is 9.75. The molecule has 0 spiro atoms. The van der Waals surface area contributed by atoms with Crippen LogP contribution in [-0.4, -0.2) is 7.25 Å². The van der Waals surface area contributed by atoms with E-state index in [4.69, 9.17) is 21.7 Å². The van der Waals surface area contributed by atoms with Crippen LogP contribution in [0.5, 0.6) is 11.5 Å². The normalized spacial score (nSPS) is 10.1. The fraction of sp³-hybridized carbons (Fsp3) is 0. The number of benzene rings is 2. The molecule has 0 bridgehead atoms. The van der Waals surface area contributed by atoms with Crippen LogP contribution in [0.25, 0.3) is 4.98 Å². The van der Waals surface area contributed by atoms with E-state index in [1.165, 1.54) is 0 Å². The Morgan fingerprint density at radius 1 is 0.952 bits per heavy atom. The molecule has 0 aliphatic rings. The predicted octanol–water partition coefficient (Wildman–Crippen LogP) is 5.92. The minimum atomic E-state index is -6.00. The van der Waals surface area contributed by atoms with E-state index < -0.39 is 7.25 Å². The quantitative estimate of drug-likeness (QED) is 0.392. The first kappa shape index (κ1) is 16.8. The highest BCUT2D eigenvalue weighted by Crippen LogP contribution is 2.31. The average Bonchev–Trinajstić information content (AvgIpc) is 2.40. The summed E-state index contributed by atoms with van der Waals surface area (Å²) < 4.78 is 44.5. The summed E-state index contributed by atoms with van der Waals surface area (Å²) in [6.45, 7) is 0. The highest BCUT2D eigenvalue weighted by atomic mass is 35.5. The van der Waals surface area contributed by atoms with Crippen molar-refractivity contribution in [3.63, 3.8) is 0 Å². The van der Waals surface area contributed by atoms with Gasteiger partial charge >= 0.3 is 12.9 Å². The van der Waals surface area contributed by atoms with Crippen LogP contribution in [0.2, 0.25) is 5.02 Å². The number of para-hydroxylation sites is 1. The summed E-state index contributed by atoms with van der Waals surface area (Å²) in [5.41, 5.74) is 0.387. The largest absolute Gasteiger partial charge is 0.673 e. The van der Waals surface area contributed by atoms with E-state index in [1.54, 1.807) is 48.5 Å². The van der Waals surface area contributed by atoms with Crippen LogP contribution < -0.4 is 4.74 Å². The van der Waals surface area contributed by atoms with Gasteiger partial charge in [0.25, 0.3) is 0 Å². The van der Waals surface area contributed by atoms with Gasteiger partial charge in [0, 0.05) is 11.1 Å². The third kappa shape index (κ3) is 7.18. The molecular weight excluding hydrogens is 310 g/mol. The summed E-state index contributed by atoms with van der Waals surface area (Å²) in [6.07, 6.45) is 0. The number of ether oxygens (including phenoxy) is 1. The fourth-order valence-corrected chi connectivity index (χ4v) is 1.38. The molecule has 0 amide bonds. The van der Waals surface area contributed by atoms with E-state index in [0.717, 1.165) is 0 Å². The van der Waals surface area contributed by atoms with E-state index in [2.05, 4.69) is 4.98 Å². The van der Waals surface area contributed by atoms with Gasteiger partial charge in [0.2, 0.25) is 11.1 Å². The van der Waals surface area contributed by atoms with E-state index in [0.29, 0.717) is 22.2 Å². The first-order chi connectivity index (χ1) is 9.79. The van der Waals surface area contributed by atoms with Gasteiger partial charge in [-0.25, -0.2) is 0 Å². The molecule has 2 aromatic carbocycles. The number of hydrogen-bond donors (Lipinski definition) is 0. The lowest BCUT2D eigenvalue weighted by atomic mass is 10.3. The van der Waals surface area contributed by atoms with Crippen molar-refractivity contribution in [2.24, 2.45) is 0 Å². The first-order valence-electron chi connectivity index (χ1n) is 5.54. The van der Waals surface area contributed by atoms with Crippen molar-refractivity contribution in [3.8, 4) is 11.5 Å². The fourth-order valence-electron chi connectivity index (χ4n) is 1.26. The molecule has 0 aromatic heterocycles. The zero-order chi connectivity index (χ0) is 15.9. The summed E-state index contributed by atoms with van der Waals surface area (Å²) in [6, 6.07) is 13.9. The number of nitrogens with zero attached hydrogens (tertiary/aromatic N) is 2. The van der Waals surface area contributed by atoms with Crippen LogP contribution in [0.15, 0.2) is 48.5 Å². The van der Waals surface area contributed by atoms with Crippen LogP contribution in [0.3, 0.4) is 0 Å². The Hall–Kier alpha value is -2.27. The Morgan fingerprint density at radius 2 is 1.48 bits per heavy atom. The van der Waals surface area contributed by atoms with Crippen LogP contribution in [-0.2, 0) is 0 Å². The molecule has 3 nitrogen and oxygen atoms in total. The smallest absolute Gasteiger partial charge is 0.449 e. The molecule has 0 heterocycles. The molecule has 0 saturated carbocycles. The topological polar surface area (TPSA) is 37.4 Å². The van der Waals surface area contributed by atoms with Gasteiger partial charge < -0.3 is 22.0 Å². The maximum absolute atomic E-state index is 9.75. The molecule has 2 aromatic rings. The molecule has 2 rings (SSSR count). The average molecular weight is 318 g/mol. The van der Waals surface area contributed by atoms with E-state index >= 15 is 0 Å². The monoisotopic (exact) mass is 318 g/mol. The second-order valence-electron chi connectivity index (χ2n) is 3.62. The molecule has 0 saturated heterocycles. The van der Waals surface area contributed by atoms with Gasteiger partial charge in [0.1, 0.15) is 5.75 Å². The standard InChI is InChI=1S/C12H8ClN2O.BF4/c13-9-5-7-10(8-6-9)16-12-4-2-1-3-11(12)15-14;2-1(3,4)5/h1-8H;/q+1;-1. The van der Waals surface area contributed by atoms with Crippen molar-refractivity contribution in [1.82, 2.24) is 0 Å². The number of rotatable bonds is 2. The van der Waals surface area contributed by atoms with Crippen LogP contribution in [0.4, 0.5) is 23.0 Å². The number of diazo groups is 1. The zero-order valence-corrected chi connectivity index (χ0v) is 11.1. The van der Waals surface area contributed by atoms with Crippen molar-refractivity contribution >= 4 is 24.5 Å². The first-order valence-corrected chi connectivity index (χ1v) is 5.92. The van der Waals surface area contributed by atoms with Crippen molar-refractivity contribution in [3.05, 3.63) is 58.5 Å². The molecule has 0 aliphatic carbocycles. The van der Waals surface area contributed by atoms with Crippen LogP contribution in [0.1, 0.15) is 0 Å². The van der Waals surface area contributed by atoms with Crippen molar-refractivity contribution in [2.75, 3.05) is 0 Å². The Balaban J connectivity index is 0.000000383. The third-order valence-electron chi connectivity index (χ3n) is 2.01. The van der Waals surface area contributed by atoms with Gasteiger partial charge in [-0.15, -0.1) is 0 Å². The van der Waals surface area contributed by atoms with Gasteiger partial charge in [-0.1, -0.05) is 23.7 Å². The molecule has 9 heteroatoms. The molecule has 0 atom stereocenters. The molecule has 0 N–H and O–H groups in total. The van der Waals surface area contributed by atoms with Gasteiger partial charge in [-0.05, 0) is 30.3 Å². The van der Waals surface area contributed by atoms with E-state index in [-0.39, 0.29) is 0 Å². The number of halogens is 5. The lowest BCUT2D eigenvalue weighted by Gasteiger charge is -2.02. The van der Waals surface area contributed by atoms with Crippen molar-refractivity contribution in [1.29, 1.82) is 5.39 Å². The highest BCUT2D eigenvalue weighted by molar-refractivity contribution is 6.50. The molecular formula is C12H8BClF4N2O. The van der Waals surface area contributed by atoms with Gasteiger partial charge in [-0.3, -0.25) is 0 Å². The van der Waals surface area contributed by atoms with Crippen LogP contribution >= 0.6 is 11.6 Å². The minimum Gasteiger partial charge on any atom is -0.449 e. The summed E-state index contributed by atoms with van der Waals surface area (Å²) in [5, 5.41) is 9.41. The minimum absolute atomic E-state index is 0.387. The van der Waals surface area contributed by atoms with Gasteiger partial charge in [0.15, 0.2) is 4.98 Å². The Labute approximate surface area is 122 Å². The molecule has 0 fully saturated rings. The lowest BCUT2D eigenvalue weighted by Crippen LogP contribution is -2.02. The predicted molar refractivity (Wildman–Crippen MR) is 72.9 cm³/mol. The maximum Gasteiger partial charge on any atom is 0.673 e.